The molecule has 15 heavy (non-hydrogen) atoms. The predicted molar refractivity (Wildman–Crippen MR) is 62.2 cm³/mol. The smallest absolute Gasteiger partial charge is 0.0599 e. The van der Waals surface area contributed by atoms with Gasteiger partial charge in [0.05, 0.1) is 6.10 Å². The molecule has 1 saturated heterocycles. The minimum Gasteiger partial charge on any atom is -0.381 e. The Morgan fingerprint density at radius 2 is 1.87 bits per heavy atom. The van der Waals surface area contributed by atoms with Crippen LogP contribution in [-0.4, -0.2) is 51.0 Å². The van der Waals surface area contributed by atoms with E-state index in [1.165, 1.54) is 25.9 Å². The molecule has 0 N–H and O–H groups in total. The highest BCUT2D eigenvalue weighted by atomic mass is 16.5. The van der Waals surface area contributed by atoms with Crippen molar-refractivity contribution in [3.63, 3.8) is 0 Å². The minimum absolute atomic E-state index is 0.493. The van der Waals surface area contributed by atoms with Gasteiger partial charge in [0.1, 0.15) is 0 Å². The van der Waals surface area contributed by atoms with Crippen LogP contribution in [0.5, 0.6) is 0 Å². The van der Waals surface area contributed by atoms with E-state index in [1.54, 1.807) is 0 Å². The maximum atomic E-state index is 5.80. The van der Waals surface area contributed by atoms with Crippen molar-refractivity contribution in [3.05, 3.63) is 0 Å². The molecule has 0 saturated carbocycles. The summed E-state index contributed by atoms with van der Waals surface area (Å²) in [5.74, 6) is 0. The molecule has 0 amide bonds. The van der Waals surface area contributed by atoms with Gasteiger partial charge in [0.25, 0.3) is 0 Å². The van der Waals surface area contributed by atoms with Crippen molar-refractivity contribution in [2.24, 2.45) is 0 Å². The van der Waals surface area contributed by atoms with Crippen molar-refractivity contribution >= 4 is 0 Å². The summed E-state index contributed by atoms with van der Waals surface area (Å²) in [4.78, 5) is 2.37. The molecule has 1 heterocycles. The number of rotatable bonds is 7. The average molecular weight is 215 g/mol. The monoisotopic (exact) mass is 215 g/mol. The van der Waals surface area contributed by atoms with E-state index in [0.717, 1.165) is 32.7 Å². The molecule has 90 valence electrons. The Morgan fingerprint density at radius 3 is 2.53 bits per heavy atom. The van der Waals surface area contributed by atoms with Gasteiger partial charge in [-0.1, -0.05) is 6.92 Å². The topological polar surface area (TPSA) is 21.7 Å². The zero-order valence-corrected chi connectivity index (χ0v) is 10.2. The first kappa shape index (κ1) is 12.9. The third-order valence-electron chi connectivity index (χ3n) is 2.80. The van der Waals surface area contributed by atoms with Gasteiger partial charge >= 0.3 is 0 Å². The van der Waals surface area contributed by atoms with E-state index in [4.69, 9.17) is 9.47 Å². The standard InChI is InChI=1S/C12H25NO2/c1-3-9-14-10-4-11-15-12-5-7-13(2)8-6-12/h12H,3-11H2,1-2H3. The number of ether oxygens (including phenoxy) is 2. The van der Waals surface area contributed by atoms with Crippen LogP contribution < -0.4 is 0 Å². The van der Waals surface area contributed by atoms with Gasteiger partial charge in [-0.2, -0.15) is 0 Å². The normalized spacial score (nSPS) is 19.6. The van der Waals surface area contributed by atoms with Gasteiger partial charge in [0.2, 0.25) is 0 Å². The van der Waals surface area contributed by atoms with Gasteiger partial charge in [0.15, 0.2) is 0 Å². The van der Waals surface area contributed by atoms with E-state index in [1.807, 2.05) is 0 Å². The molecule has 1 fully saturated rings. The van der Waals surface area contributed by atoms with Crippen LogP contribution in [0.15, 0.2) is 0 Å². The second-order valence-corrected chi connectivity index (χ2v) is 4.34. The number of piperidine rings is 1. The molecule has 3 heteroatoms. The Bertz CT molecular complexity index is 145. The fourth-order valence-electron chi connectivity index (χ4n) is 1.81. The summed E-state index contributed by atoms with van der Waals surface area (Å²) >= 11 is 0. The summed E-state index contributed by atoms with van der Waals surface area (Å²) in [6.07, 6.45) is 5.01. The summed E-state index contributed by atoms with van der Waals surface area (Å²) in [5.41, 5.74) is 0. The fraction of sp³-hybridized carbons (Fsp3) is 1.00. The van der Waals surface area contributed by atoms with Gasteiger partial charge in [-0.05, 0) is 32.7 Å². The Kier molecular flexibility index (Phi) is 6.98. The van der Waals surface area contributed by atoms with Gasteiger partial charge < -0.3 is 14.4 Å². The molecule has 0 radical (unpaired) electrons. The molecule has 0 aromatic carbocycles. The van der Waals surface area contributed by atoms with Gasteiger partial charge in [0, 0.05) is 32.9 Å². The van der Waals surface area contributed by atoms with Crippen molar-refractivity contribution in [1.82, 2.24) is 4.90 Å². The van der Waals surface area contributed by atoms with E-state index >= 15 is 0 Å². The van der Waals surface area contributed by atoms with E-state index in [2.05, 4.69) is 18.9 Å². The number of likely N-dealkylation sites (tertiary alicyclic amines) is 1. The predicted octanol–water partition coefficient (Wildman–Crippen LogP) is 1.91. The summed E-state index contributed by atoms with van der Waals surface area (Å²) in [6.45, 7) is 7.08. The first-order valence-electron chi connectivity index (χ1n) is 6.21. The van der Waals surface area contributed by atoms with Crippen LogP contribution in [-0.2, 0) is 9.47 Å². The summed E-state index contributed by atoms with van der Waals surface area (Å²) in [5, 5.41) is 0. The van der Waals surface area contributed by atoms with Gasteiger partial charge in [-0.3, -0.25) is 0 Å². The second kappa shape index (κ2) is 8.08. The molecule has 0 bridgehead atoms. The lowest BCUT2D eigenvalue weighted by Crippen LogP contribution is -2.34. The maximum absolute atomic E-state index is 5.80. The summed E-state index contributed by atoms with van der Waals surface area (Å²) in [6, 6.07) is 0. The highest BCUT2D eigenvalue weighted by Gasteiger charge is 2.16. The Hall–Kier alpha value is -0.120. The quantitative estimate of drug-likeness (QED) is 0.606. The van der Waals surface area contributed by atoms with Crippen LogP contribution in [0, 0.1) is 0 Å². The lowest BCUT2D eigenvalue weighted by Gasteiger charge is -2.28. The Balaban J connectivity index is 1.87. The molecule has 0 aromatic heterocycles. The minimum atomic E-state index is 0.493. The molecule has 0 aromatic rings. The van der Waals surface area contributed by atoms with Crippen LogP contribution >= 0.6 is 0 Å². The second-order valence-electron chi connectivity index (χ2n) is 4.34. The van der Waals surface area contributed by atoms with Crippen LogP contribution in [0.25, 0.3) is 0 Å². The van der Waals surface area contributed by atoms with Crippen molar-refractivity contribution in [1.29, 1.82) is 0 Å². The molecule has 1 aliphatic heterocycles. The first-order valence-corrected chi connectivity index (χ1v) is 6.21. The third-order valence-corrected chi connectivity index (χ3v) is 2.80. The zero-order valence-electron chi connectivity index (χ0n) is 10.2. The summed E-state index contributed by atoms with van der Waals surface area (Å²) in [7, 11) is 2.18. The molecule has 0 spiro atoms. The van der Waals surface area contributed by atoms with Crippen LogP contribution in [0.1, 0.15) is 32.6 Å². The molecular formula is C12H25NO2. The molecule has 1 rings (SSSR count). The number of hydrogen-bond acceptors (Lipinski definition) is 3. The molecular weight excluding hydrogens is 190 g/mol. The van der Waals surface area contributed by atoms with Gasteiger partial charge in [-0.25, -0.2) is 0 Å². The molecule has 0 unspecified atom stereocenters. The number of nitrogens with zero attached hydrogens (tertiary/aromatic N) is 1. The Morgan fingerprint density at radius 1 is 1.13 bits per heavy atom. The highest BCUT2D eigenvalue weighted by Crippen LogP contribution is 2.12. The van der Waals surface area contributed by atoms with Crippen molar-refractivity contribution in [2.45, 2.75) is 38.7 Å². The van der Waals surface area contributed by atoms with Crippen LogP contribution in [0.3, 0.4) is 0 Å². The maximum Gasteiger partial charge on any atom is 0.0599 e. The molecule has 3 nitrogen and oxygen atoms in total. The van der Waals surface area contributed by atoms with E-state index in [-0.39, 0.29) is 0 Å². The van der Waals surface area contributed by atoms with E-state index in [0.29, 0.717) is 6.10 Å². The lowest BCUT2D eigenvalue weighted by molar-refractivity contribution is 0.00135. The van der Waals surface area contributed by atoms with Crippen molar-refractivity contribution < 1.29 is 9.47 Å². The molecule has 0 atom stereocenters. The molecule has 1 aliphatic rings. The van der Waals surface area contributed by atoms with Crippen LogP contribution in [0.4, 0.5) is 0 Å². The van der Waals surface area contributed by atoms with Crippen molar-refractivity contribution in [2.75, 3.05) is 40.0 Å². The van der Waals surface area contributed by atoms with Gasteiger partial charge in [-0.15, -0.1) is 0 Å². The number of hydrogen-bond donors (Lipinski definition) is 0. The van der Waals surface area contributed by atoms with E-state index in [9.17, 15) is 0 Å². The highest BCUT2D eigenvalue weighted by molar-refractivity contribution is 4.69. The Labute approximate surface area is 93.7 Å². The average Bonchev–Trinajstić information content (AvgIpc) is 2.26. The van der Waals surface area contributed by atoms with E-state index < -0.39 is 0 Å². The first-order chi connectivity index (χ1) is 7.33. The SMILES string of the molecule is CCCOCCCOC1CCN(C)CC1. The largest absolute Gasteiger partial charge is 0.381 e. The van der Waals surface area contributed by atoms with Crippen molar-refractivity contribution in [3.8, 4) is 0 Å². The third kappa shape index (κ3) is 6.13. The van der Waals surface area contributed by atoms with Crippen LogP contribution in [0.2, 0.25) is 0 Å². The zero-order chi connectivity index (χ0) is 10.9. The lowest BCUT2D eigenvalue weighted by atomic mass is 10.1. The molecule has 0 aliphatic carbocycles. The summed E-state index contributed by atoms with van der Waals surface area (Å²) < 4.78 is 11.2. The fourth-order valence-corrected chi connectivity index (χ4v) is 1.81.